The van der Waals surface area contributed by atoms with Crippen molar-refractivity contribution in [3.05, 3.63) is 93.7 Å². The minimum absolute atomic E-state index is 0.0605. The van der Waals surface area contributed by atoms with Gasteiger partial charge in [0.1, 0.15) is 16.3 Å². The van der Waals surface area contributed by atoms with E-state index in [1.807, 2.05) is 6.92 Å². The molecule has 1 saturated heterocycles. The number of furan rings is 1. The summed E-state index contributed by atoms with van der Waals surface area (Å²) in [5.74, 6) is -2.31. The molecule has 0 atom stereocenters. The van der Waals surface area contributed by atoms with Gasteiger partial charge in [-0.2, -0.15) is 0 Å². The summed E-state index contributed by atoms with van der Waals surface area (Å²) in [6, 6.07) is 16.4. The van der Waals surface area contributed by atoms with Gasteiger partial charge < -0.3 is 4.42 Å². The highest BCUT2D eigenvalue weighted by Crippen LogP contribution is 2.30. The van der Waals surface area contributed by atoms with Crippen molar-refractivity contribution in [1.82, 2.24) is 0 Å². The summed E-state index contributed by atoms with van der Waals surface area (Å²) in [5, 5.41) is 10.9. The predicted octanol–water partition coefficient (Wildman–Crippen LogP) is 4.08. The summed E-state index contributed by atoms with van der Waals surface area (Å²) in [4.78, 5) is 51.4. The monoisotopic (exact) mass is 417 g/mol. The molecule has 0 aliphatic carbocycles. The van der Waals surface area contributed by atoms with Crippen LogP contribution in [0.15, 0.2) is 76.7 Å². The van der Waals surface area contributed by atoms with Gasteiger partial charge in [-0.1, -0.05) is 35.9 Å². The number of aryl methyl sites for hydroxylation is 1. The van der Waals surface area contributed by atoms with Crippen LogP contribution in [0.4, 0.5) is 22.1 Å². The van der Waals surface area contributed by atoms with Crippen molar-refractivity contribution in [2.24, 2.45) is 0 Å². The zero-order valence-electron chi connectivity index (χ0n) is 16.2. The Labute approximate surface area is 175 Å². The molecule has 4 amide bonds. The third-order valence-corrected chi connectivity index (χ3v) is 4.64. The number of barbiturate groups is 1. The number of imide groups is 2. The fraction of sp³-hybridized carbons (Fsp3) is 0.0455. The summed E-state index contributed by atoms with van der Waals surface area (Å²) in [7, 11) is 0. The van der Waals surface area contributed by atoms with Gasteiger partial charge in [0, 0.05) is 0 Å². The second kappa shape index (κ2) is 7.71. The second-order valence-electron chi connectivity index (χ2n) is 6.73. The fourth-order valence-corrected chi connectivity index (χ4v) is 3.12. The Morgan fingerprint density at radius 2 is 1.42 bits per heavy atom. The van der Waals surface area contributed by atoms with Crippen LogP contribution in [0.1, 0.15) is 11.3 Å². The number of para-hydroxylation sites is 1. The van der Waals surface area contributed by atoms with Crippen molar-refractivity contribution in [2.75, 3.05) is 9.80 Å². The number of anilines is 2. The lowest BCUT2D eigenvalue weighted by atomic mass is 10.1. The van der Waals surface area contributed by atoms with Crippen molar-refractivity contribution in [1.29, 1.82) is 0 Å². The van der Waals surface area contributed by atoms with Crippen LogP contribution < -0.4 is 9.80 Å². The fourth-order valence-electron chi connectivity index (χ4n) is 3.12. The Balaban J connectivity index is 1.85. The number of hydrogen-bond donors (Lipinski definition) is 0. The molecule has 1 aromatic heterocycles. The van der Waals surface area contributed by atoms with E-state index in [9.17, 15) is 24.5 Å². The molecule has 0 saturated carbocycles. The van der Waals surface area contributed by atoms with Gasteiger partial charge in [0.25, 0.3) is 11.8 Å². The Morgan fingerprint density at radius 1 is 0.839 bits per heavy atom. The molecule has 1 fully saturated rings. The minimum atomic E-state index is -0.858. The summed E-state index contributed by atoms with van der Waals surface area (Å²) in [5.41, 5.74) is 1.12. The van der Waals surface area contributed by atoms with E-state index in [0.717, 1.165) is 27.5 Å². The molecule has 0 radical (unpaired) electrons. The van der Waals surface area contributed by atoms with Gasteiger partial charge in [-0.05, 0) is 43.3 Å². The van der Waals surface area contributed by atoms with Crippen molar-refractivity contribution in [3.8, 4) is 0 Å². The number of amides is 4. The Morgan fingerprint density at radius 3 is 1.97 bits per heavy atom. The predicted molar refractivity (Wildman–Crippen MR) is 111 cm³/mol. The van der Waals surface area contributed by atoms with Gasteiger partial charge in [0.15, 0.2) is 0 Å². The lowest BCUT2D eigenvalue weighted by Gasteiger charge is -2.33. The van der Waals surface area contributed by atoms with Crippen molar-refractivity contribution in [3.63, 3.8) is 0 Å². The molecule has 31 heavy (non-hydrogen) atoms. The number of benzene rings is 2. The molecule has 4 rings (SSSR count). The van der Waals surface area contributed by atoms with Crippen LogP contribution in [0.3, 0.4) is 0 Å². The standard InChI is InChI=1S/C22H15N3O6/c1-14-7-9-16(10-8-14)24-21(27)18(13-17-11-12-19(31-17)25(29)30)20(26)23(22(24)28)15-5-3-2-4-6-15/h2-13H,1H3/b18-13+. The van der Waals surface area contributed by atoms with E-state index in [4.69, 9.17) is 4.42 Å². The first-order valence-corrected chi connectivity index (χ1v) is 9.17. The molecule has 0 bridgehead atoms. The Kier molecular flexibility index (Phi) is 4.92. The van der Waals surface area contributed by atoms with Crippen LogP contribution in [-0.4, -0.2) is 22.8 Å². The van der Waals surface area contributed by atoms with Crippen LogP contribution in [0.5, 0.6) is 0 Å². The summed E-state index contributed by atoms with van der Waals surface area (Å²) >= 11 is 0. The van der Waals surface area contributed by atoms with E-state index in [0.29, 0.717) is 0 Å². The van der Waals surface area contributed by atoms with Crippen LogP contribution in [0.25, 0.3) is 6.08 Å². The van der Waals surface area contributed by atoms with E-state index in [-0.39, 0.29) is 22.7 Å². The number of hydrogen-bond acceptors (Lipinski definition) is 6. The summed E-state index contributed by atoms with van der Waals surface area (Å²) in [6.07, 6.45) is 1.10. The third-order valence-electron chi connectivity index (χ3n) is 4.64. The van der Waals surface area contributed by atoms with Crippen molar-refractivity contribution in [2.45, 2.75) is 6.92 Å². The maximum atomic E-state index is 13.2. The van der Waals surface area contributed by atoms with E-state index < -0.39 is 28.7 Å². The molecule has 2 aromatic carbocycles. The maximum Gasteiger partial charge on any atom is 0.433 e. The largest absolute Gasteiger partial charge is 0.433 e. The highest BCUT2D eigenvalue weighted by atomic mass is 16.6. The first-order valence-electron chi connectivity index (χ1n) is 9.17. The number of urea groups is 1. The molecule has 1 aliphatic heterocycles. The quantitative estimate of drug-likeness (QED) is 0.273. The van der Waals surface area contributed by atoms with Gasteiger partial charge in [0.2, 0.25) is 0 Å². The second-order valence-corrected chi connectivity index (χ2v) is 6.73. The number of nitro groups is 1. The normalized spacial score (nSPS) is 15.6. The van der Waals surface area contributed by atoms with E-state index in [1.54, 1.807) is 54.6 Å². The average molecular weight is 417 g/mol. The van der Waals surface area contributed by atoms with Gasteiger partial charge in [-0.3, -0.25) is 19.7 Å². The SMILES string of the molecule is Cc1ccc(N2C(=O)/C(=C/c3ccc([N+](=O)[O-])o3)C(=O)N(c3ccccc3)C2=O)cc1. The average Bonchev–Trinajstić information content (AvgIpc) is 3.23. The van der Waals surface area contributed by atoms with Gasteiger partial charge in [-0.15, -0.1) is 0 Å². The molecular weight excluding hydrogens is 402 g/mol. The molecular formula is C22H15N3O6. The van der Waals surface area contributed by atoms with Gasteiger partial charge >= 0.3 is 11.9 Å². The topological polar surface area (TPSA) is 114 Å². The summed E-state index contributed by atoms with van der Waals surface area (Å²) < 4.78 is 5.07. The molecule has 0 N–H and O–H groups in total. The van der Waals surface area contributed by atoms with Crippen LogP contribution in [0, 0.1) is 17.0 Å². The maximum absolute atomic E-state index is 13.2. The molecule has 9 nitrogen and oxygen atoms in total. The molecule has 1 aliphatic rings. The van der Waals surface area contributed by atoms with Crippen LogP contribution in [0.2, 0.25) is 0 Å². The van der Waals surface area contributed by atoms with Crippen LogP contribution in [-0.2, 0) is 9.59 Å². The van der Waals surface area contributed by atoms with Crippen molar-refractivity contribution < 1.29 is 23.7 Å². The van der Waals surface area contributed by atoms with Gasteiger partial charge in [0.05, 0.1) is 17.4 Å². The molecule has 9 heteroatoms. The zero-order valence-corrected chi connectivity index (χ0v) is 16.2. The number of carbonyl (C=O) groups excluding carboxylic acids is 3. The zero-order chi connectivity index (χ0) is 22.1. The van der Waals surface area contributed by atoms with E-state index >= 15 is 0 Å². The number of carbonyl (C=O) groups is 3. The van der Waals surface area contributed by atoms with Crippen LogP contribution >= 0.6 is 0 Å². The van der Waals surface area contributed by atoms with E-state index in [1.165, 1.54) is 6.07 Å². The Bertz CT molecular complexity index is 1230. The molecule has 3 aromatic rings. The first kappa shape index (κ1) is 19.8. The molecule has 0 unspecified atom stereocenters. The number of nitrogens with zero attached hydrogens (tertiary/aromatic N) is 3. The lowest BCUT2D eigenvalue weighted by Crippen LogP contribution is -2.57. The minimum Gasteiger partial charge on any atom is -0.401 e. The van der Waals surface area contributed by atoms with E-state index in [2.05, 4.69) is 0 Å². The highest BCUT2D eigenvalue weighted by molar-refractivity contribution is 6.46. The molecule has 0 spiro atoms. The van der Waals surface area contributed by atoms with Gasteiger partial charge in [-0.25, -0.2) is 14.6 Å². The first-order chi connectivity index (χ1) is 14.9. The lowest BCUT2D eigenvalue weighted by molar-refractivity contribution is -0.402. The number of rotatable bonds is 4. The summed E-state index contributed by atoms with van der Waals surface area (Å²) in [6.45, 7) is 1.86. The molecule has 2 heterocycles. The van der Waals surface area contributed by atoms with Crippen molar-refractivity contribution >= 4 is 41.2 Å². The molecule has 154 valence electrons. The Hall–Kier alpha value is -4.53. The highest BCUT2D eigenvalue weighted by Gasteiger charge is 2.43. The smallest absolute Gasteiger partial charge is 0.401 e. The third kappa shape index (κ3) is 3.60.